The van der Waals surface area contributed by atoms with E-state index in [0.717, 1.165) is 30.0 Å². The molecule has 1 aromatic carbocycles. The third-order valence-corrected chi connectivity index (χ3v) is 6.04. The van der Waals surface area contributed by atoms with E-state index in [2.05, 4.69) is 27.3 Å². The average Bonchev–Trinajstić information content (AvgIpc) is 3.63. The van der Waals surface area contributed by atoms with E-state index in [1.54, 1.807) is 18.7 Å². The lowest BCUT2D eigenvalue weighted by Gasteiger charge is -2.26. The van der Waals surface area contributed by atoms with Crippen LogP contribution in [0.1, 0.15) is 40.6 Å². The van der Waals surface area contributed by atoms with Crippen molar-refractivity contribution < 1.29 is 9.21 Å². The Kier molecular flexibility index (Phi) is 6.30. The number of nitrogens with one attached hydrogen (secondary N) is 1. The molecule has 0 saturated carbocycles. The van der Waals surface area contributed by atoms with Crippen molar-refractivity contribution in [1.82, 2.24) is 25.0 Å². The average molecular weight is 442 g/mol. The summed E-state index contributed by atoms with van der Waals surface area (Å²) in [6.07, 6.45) is 9.30. The molecule has 33 heavy (non-hydrogen) atoms. The normalized spacial score (nSPS) is 14.9. The standard InChI is InChI=1S/C26H27N5O2/c32-26(28-17-23(24-11-7-15-33-24)30-13-4-5-14-30)22-19-31(18-20-8-2-1-3-9-20)29-25(22)21-10-6-12-27-16-21/h1-3,6-12,15-16,19,23H,4-5,13-14,17-18H2,(H,28,32). The first-order valence-electron chi connectivity index (χ1n) is 11.4. The van der Waals surface area contributed by atoms with Crippen molar-refractivity contribution in [3.05, 3.63) is 96.3 Å². The molecule has 7 nitrogen and oxygen atoms in total. The van der Waals surface area contributed by atoms with Crippen LogP contribution in [0.5, 0.6) is 0 Å². The topological polar surface area (TPSA) is 76.2 Å². The van der Waals surface area contributed by atoms with E-state index in [9.17, 15) is 4.79 Å². The molecular weight excluding hydrogens is 414 g/mol. The lowest BCUT2D eigenvalue weighted by atomic mass is 10.1. The van der Waals surface area contributed by atoms with E-state index in [4.69, 9.17) is 9.52 Å². The monoisotopic (exact) mass is 441 g/mol. The molecule has 0 aliphatic carbocycles. The predicted octanol–water partition coefficient (Wildman–Crippen LogP) is 4.15. The lowest BCUT2D eigenvalue weighted by Crippen LogP contribution is -2.36. The van der Waals surface area contributed by atoms with E-state index in [1.807, 2.05) is 53.3 Å². The van der Waals surface area contributed by atoms with Crippen LogP contribution < -0.4 is 5.32 Å². The molecule has 4 aromatic rings. The molecule has 5 rings (SSSR count). The number of aromatic nitrogens is 3. The van der Waals surface area contributed by atoms with E-state index in [1.165, 1.54) is 12.8 Å². The van der Waals surface area contributed by atoms with Crippen LogP contribution in [0.25, 0.3) is 11.3 Å². The highest BCUT2D eigenvalue weighted by molar-refractivity contribution is 5.99. The van der Waals surface area contributed by atoms with Gasteiger partial charge in [0.2, 0.25) is 0 Å². The lowest BCUT2D eigenvalue weighted by molar-refractivity contribution is 0.0934. The van der Waals surface area contributed by atoms with Gasteiger partial charge in [0.1, 0.15) is 11.5 Å². The Balaban J connectivity index is 1.39. The van der Waals surface area contributed by atoms with E-state index in [0.29, 0.717) is 24.3 Å². The summed E-state index contributed by atoms with van der Waals surface area (Å²) < 4.78 is 7.51. The number of likely N-dealkylation sites (tertiary alicyclic amines) is 1. The number of carbonyl (C=O) groups is 1. The van der Waals surface area contributed by atoms with Crippen molar-refractivity contribution in [2.45, 2.75) is 25.4 Å². The minimum Gasteiger partial charge on any atom is -0.468 e. The Bertz CT molecular complexity index is 1170. The Morgan fingerprint density at radius 2 is 1.91 bits per heavy atom. The van der Waals surface area contributed by atoms with Crippen LogP contribution in [0.15, 0.2) is 83.9 Å². The summed E-state index contributed by atoms with van der Waals surface area (Å²) >= 11 is 0. The maximum absolute atomic E-state index is 13.4. The summed E-state index contributed by atoms with van der Waals surface area (Å²) in [5, 5.41) is 7.88. The molecular formula is C26H27N5O2. The Morgan fingerprint density at radius 3 is 2.64 bits per heavy atom. The first kappa shape index (κ1) is 21.2. The second-order valence-electron chi connectivity index (χ2n) is 8.30. The SMILES string of the molecule is O=C(NCC(c1ccco1)N1CCCC1)c1cn(Cc2ccccc2)nc1-c1cccnc1. The predicted molar refractivity (Wildman–Crippen MR) is 126 cm³/mol. The number of pyridine rings is 1. The summed E-state index contributed by atoms with van der Waals surface area (Å²) in [6.45, 7) is 3.08. The summed E-state index contributed by atoms with van der Waals surface area (Å²) in [7, 11) is 0. The molecule has 0 radical (unpaired) electrons. The van der Waals surface area contributed by atoms with Gasteiger partial charge in [-0.2, -0.15) is 5.10 Å². The maximum atomic E-state index is 13.4. The molecule has 1 amide bonds. The molecule has 0 bridgehead atoms. The molecule has 0 spiro atoms. The Labute approximate surface area is 193 Å². The number of rotatable bonds is 8. The number of nitrogens with zero attached hydrogens (tertiary/aromatic N) is 4. The van der Waals surface area contributed by atoms with Crippen molar-refractivity contribution in [2.75, 3.05) is 19.6 Å². The van der Waals surface area contributed by atoms with Gasteiger partial charge in [0.05, 0.1) is 24.4 Å². The minimum atomic E-state index is -0.149. The molecule has 1 N–H and O–H groups in total. The van der Waals surface area contributed by atoms with Gasteiger partial charge in [0.25, 0.3) is 5.91 Å². The smallest absolute Gasteiger partial charge is 0.255 e. The summed E-state index contributed by atoms with van der Waals surface area (Å²) in [5.41, 5.74) is 3.11. The number of hydrogen-bond acceptors (Lipinski definition) is 5. The molecule has 1 fully saturated rings. The van der Waals surface area contributed by atoms with Crippen LogP contribution >= 0.6 is 0 Å². The zero-order valence-electron chi connectivity index (χ0n) is 18.4. The maximum Gasteiger partial charge on any atom is 0.255 e. The van der Waals surface area contributed by atoms with Crippen molar-refractivity contribution in [1.29, 1.82) is 0 Å². The van der Waals surface area contributed by atoms with Gasteiger partial charge in [0, 0.05) is 30.7 Å². The highest BCUT2D eigenvalue weighted by Crippen LogP contribution is 2.26. The Morgan fingerprint density at radius 1 is 1.06 bits per heavy atom. The molecule has 1 aliphatic rings. The highest BCUT2D eigenvalue weighted by atomic mass is 16.3. The van der Waals surface area contributed by atoms with Crippen molar-refractivity contribution >= 4 is 5.91 Å². The van der Waals surface area contributed by atoms with Crippen LogP contribution in [-0.2, 0) is 6.54 Å². The number of carbonyl (C=O) groups excluding carboxylic acids is 1. The Hall–Kier alpha value is -3.71. The molecule has 168 valence electrons. The second-order valence-corrected chi connectivity index (χ2v) is 8.30. The van der Waals surface area contributed by atoms with E-state index < -0.39 is 0 Å². The fraction of sp³-hybridized carbons (Fsp3) is 0.269. The number of benzene rings is 1. The minimum absolute atomic E-state index is 0.0210. The van der Waals surface area contributed by atoms with Gasteiger partial charge in [0.15, 0.2) is 0 Å². The third-order valence-electron chi connectivity index (χ3n) is 6.04. The fourth-order valence-electron chi connectivity index (χ4n) is 4.38. The highest BCUT2D eigenvalue weighted by Gasteiger charge is 2.27. The fourth-order valence-corrected chi connectivity index (χ4v) is 4.38. The summed E-state index contributed by atoms with van der Waals surface area (Å²) in [5.74, 6) is 0.730. The molecule has 1 aliphatic heterocycles. The molecule has 4 heterocycles. The second kappa shape index (κ2) is 9.83. The number of furan rings is 1. The van der Waals surface area contributed by atoms with Crippen molar-refractivity contribution in [3.8, 4) is 11.3 Å². The van der Waals surface area contributed by atoms with Gasteiger partial charge in [-0.1, -0.05) is 30.3 Å². The van der Waals surface area contributed by atoms with Crippen molar-refractivity contribution in [2.24, 2.45) is 0 Å². The van der Waals surface area contributed by atoms with Gasteiger partial charge in [-0.25, -0.2) is 0 Å². The molecule has 1 atom stereocenters. The largest absolute Gasteiger partial charge is 0.468 e. The summed E-state index contributed by atoms with van der Waals surface area (Å²) in [4.78, 5) is 19.9. The third kappa shape index (κ3) is 4.88. The quantitative estimate of drug-likeness (QED) is 0.444. The van der Waals surface area contributed by atoms with Crippen LogP contribution in [0.4, 0.5) is 0 Å². The molecule has 1 unspecified atom stereocenters. The number of amides is 1. The van der Waals surface area contributed by atoms with Crippen LogP contribution in [-0.4, -0.2) is 45.2 Å². The van der Waals surface area contributed by atoms with Gasteiger partial charge >= 0.3 is 0 Å². The molecule has 1 saturated heterocycles. The molecule has 3 aromatic heterocycles. The molecule has 7 heteroatoms. The summed E-state index contributed by atoms with van der Waals surface area (Å²) in [6, 6.07) is 17.8. The van der Waals surface area contributed by atoms with Gasteiger partial charge in [-0.3, -0.25) is 19.4 Å². The van der Waals surface area contributed by atoms with E-state index in [-0.39, 0.29) is 11.9 Å². The first-order valence-corrected chi connectivity index (χ1v) is 11.4. The van der Waals surface area contributed by atoms with Gasteiger partial charge in [-0.15, -0.1) is 0 Å². The van der Waals surface area contributed by atoms with Crippen LogP contribution in [0, 0.1) is 0 Å². The van der Waals surface area contributed by atoms with Crippen LogP contribution in [0.2, 0.25) is 0 Å². The zero-order chi connectivity index (χ0) is 22.5. The number of hydrogen-bond donors (Lipinski definition) is 1. The van der Waals surface area contributed by atoms with E-state index >= 15 is 0 Å². The van der Waals surface area contributed by atoms with Gasteiger partial charge < -0.3 is 9.73 Å². The van der Waals surface area contributed by atoms with Crippen LogP contribution in [0.3, 0.4) is 0 Å². The first-order chi connectivity index (χ1) is 16.3. The van der Waals surface area contributed by atoms with Crippen molar-refractivity contribution in [3.63, 3.8) is 0 Å². The van der Waals surface area contributed by atoms with Gasteiger partial charge in [-0.05, 0) is 55.8 Å². The zero-order valence-corrected chi connectivity index (χ0v) is 18.4.